The molecule has 0 aliphatic carbocycles. The molecule has 0 spiro atoms. The maximum Gasteiger partial charge on any atom is 0.332 e. The Morgan fingerprint density at radius 3 is 1.95 bits per heavy atom. The zero-order valence-corrected chi connectivity index (χ0v) is 14.3. The Balaban J connectivity index is 5.30. The number of thiol groups is 1. The summed E-state index contributed by atoms with van der Waals surface area (Å²) in [6.45, 7) is 15.8. The van der Waals surface area contributed by atoms with E-state index in [9.17, 15) is 9.59 Å². The van der Waals surface area contributed by atoms with Gasteiger partial charge in [-0.05, 0) is 48.5 Å². The minimum Gasteiger partial charge on any atom is -0.458 e. The normalized spacial score (nSPS) is 12.1. The van der Waals surface area contributed by atoms with Gasteiger partial charge in [0, 0.05) is 6.04 Å². The van der Waals surface area contributed by atoms with Crippen LogP contribution >= 0.6 is 12.6 Å². The predicted octanol–water partition coefficient (Wildman–Crippen LogP) is 2.93. The SMILES string of the molecule is C=C(S)NC(=O)N(C(C)C)C(C)(C)C(=O)OC(C)(C)C. The quantitative estimate of drug-likeness (QED) is 0.620. The highest BCUT2D eigenvalue weighted by Gasteiger charge is 2.42. The first-order chi connectivity index (χ1) is 8.79. The molecule has 0 aromatic carbocycles. The number of hydrogen-bond donors (Lipinski definition) is 2. The van der Waals surface area contributed by atoms with Gasteiger partial charge < -0.3 is 15.0 Å². The van der Waals surface area contributed by atoms with E-state index in [1.165, 1.54) is 4.90 Å². The summed E-state index contributed by atoms with van der Waals surface area (Å²) in [5.41, 5.74) is -1.71. The smallest absolute Gasteiger partial charge is 0.332 e. The largest absolute Gasteiger partial charge is 0.458 e. The molecule has 0 aromatic rings. The van der Waals surface area contributed by atoms with Crippen LogP contribution in [0.4, 0.5) is 4.79 Å². The van der Waals surface area contributed by atoms with Gasteiger partial charge in [0.1, 0.15) is 11.1 Å². The monoisotopic (exact) mass is 302 g/mol. The topological polar surface area (TPSA) is 58.6 Å². The highest BCUT2D eigenvalue weighted by Crippen LogP contribution is 2.23. The van der Waals surface area contributed by atoms with E-state index in [2.05, 4.69) is 24.5 Å². The minimum atomic E-state index is -1.10. The lowest BCUT2D eigenvalue weighted by Gasteiger charge is -2.40. The van der Waals surface area contributed by atoms with E-state index in [1.807, 2.05) is 13.8 Å². The van der Waals surface area contributed by atoms with Gasteiger partial charge in [-0.2, -0.15) is 0 Å². The highest BCUT2D eigenvalue weighted by atomic mass is 32.1. The van der Waals surface area contributed by atoms with Gasteiger partial charge in [-0.15, -0.1) is 12.6 Å². The molecule has 0 radical (unpaired) electrons. The first-order valence-electron chi connectivity index (χ1n) is 6.50. The third-order valence-electron chi connectivity index (χ3n) is 2.49. The van der Waals surface area contributed by atoms with Crippen LogP contribution in [0.5, 0.6) is 0 Å². The summed E-state index contributed by atoms with van der Waals surface area (Å²) >= 11 is 3.95. The van der Waals surface area contributed by atoms with Gasteiger partial charge in [-0.1, -0.05) is 6.58 Å². The van der Waals surface area contributed by atoms with Crippen LogP contribution in [-0.4, -0.2) is 34.1 Å². The second-order valence-electron chi connectivity index (χ2n) is 6.40. The lowest BCUT2D eigenvalue weighted by Crippen LogP contribution is -2.59. The van der Waals surface area contributed by atoms with E-state index in [1.54, 1.807) is 34.6 Å². The molecule has 20 heavy (non-hydrogen) atoms. The standard InChI is InChI=1S/C14H26N2O3S/c1-9(2)16(12(18)15-10(3)20)14(7,8)11(17)19-13(4,5)6/h9,20H,3H2,1-2,4-8H3,(H,15,18). The van der Waals surface area contributed by atoms with E-state index in [-0.39, 0.29) is 11.1 Å². The molecule has 116 valence electrons. The zero-order valence-electron chi connectivity index (χ0n) is 13.4. The van der Waals surface area contributed by atoms with Crippen molar-refractivity contribution in [2.45, 2.75) is 65.6 Å². The number of nitrogens with zero attached hydrogens (tertiary/aromatic N) is 1. The fourth-order valence-corrected chi connectivity index (χ4v) is 1.91. The van der Waals surface area contributed by atoms with E-state index in [0.29, 0.717) is 0 Å². The zero-order chi connectivity index (χ0) is 16.3. The molecule has 6 heteroatoms. The fourth-order valence-electron chi connectivity index (χ4n) is 1.82. The van der Waals surface area contributed by atoms with Crippen LogP contribution in [0.15, 0.2) is 11.6 Å². The molecule has 0 aromatic heterocycles. The molecule has 0 aliphatic rings. The number of carbonyl (C=O) groups is 2. The average Bonchev–Trinajstić information content (AvgIpc) is 2.11. The number of urea groups is 1. The minimum absolute atomic E-state index is 0.190. The lowest BCUT2D eigenvalue weighted by molar-refractivity contribution is -0.167. The Morgan fingerprint density at radius 1 is 1.20 bits per heavy atom. The number of rotatable bonds is 4. The van der Waals surface area contributed by atoms with Crippen molar-refractivity contribution in [3.63, 3.8) is 0 Å². The Hall–Kier alpha value is -1.17. The number of hydrogen-bond acceptors (Lipinski definition) is 4. The summed E-state index contributed by atoms with van der Waals surface area (Å²) in [6, 6.07) is -0.624. The maximum atomic E-state index is 12.3. The van der Waals surface area contributed by atoms with Gasteiger partial charge in [0.25, 0.3) is 0 Å². The second kappa shape index (κ2) is 6.52. The highest BCUT2D eigenvalue weighted by molar-refractivity contribution is 7.84. The molecule has 0 unspecified atom stereocenters. The molecular weight excluding hydrogens is 276 g/mol. The molecule has 2 amide bonds. The predicted molar refractivity (Wildman–Crippen MR) is 83.6 cm³/mol. The van der Waals surface area contributed by atoms with Crippen molar-refractivity contribution in [1.82, 2.24) is 10.2 Å². The van der Waals surface area contributed by atoms with Crippen molar-refractivity contribution in [3.05, 3.63) is 11.6 Å². The van der Waals surface area contributed by atoms with Gasteiger partial charge in [0.05, 0.1) is 5.03 Å². The average molecular weight is 302 g/mol. The summed E-state index contributed by atoms with van der Waals surface area (Å²) < 4.78 is 5.39. The number of ether oxygens (including phenoxy) is 1. The summed E-state index contributed by atoms with van der Waals surface area (Å²) in [4.78, 5) is 26.0. The molecule has 5 nitrogen and oxygen atoms in total. The van der Waals surface area contributed by atoms with E-state index in [0.717, 1.165) is 0 Å². The lowest BCUT2D eigenvalue weighted by atomic mass is 10.0. The van der Waals surface area contributed by atoms with Gasteiger partial charge >= 0.3 is 12.0 Å². The van der Waals surface area contributed by atoms with E-state index < -0.39 is 23.1 Å². The van der Waals surface area contributed by atoms with Crippen molar-refractivity contribution in [2.75, 3.05) is 0 Å². The van der Waals surface area contributed by atoms with Crippen molar-refractivity contribution >= 4 is 24.6 Å². The molecule has 0 aliphatic heterocycles. The van der Waals surface area contributed by atoms with Gasteiger partial charge in [-0.25, -0.2) is 9.59 Å². The van der Waals surface area contributed by atoms with Crippen LogP contribution in [0.25, 0.3) is 0 Å². The Labute approximate surface area is 127 Å². The number of esters is 1. The molecule has 0 rings (SSSR count). The van der Waals surface area contributed by atoms with Crippen LogP contribution in [0, 0.1) is 0 Å². The molecule has 0 fully saturated rings. The molecule has 0 heterocycles. The summed E-state index contributed by atoms with van der Waals surface area (Å²) in [5, 5.41) is 2.72. The first-order valence-corrected chi connectivity index (χ1v) is 6.95. The molecule has 0 bridgehead atoms. The molecule has 1 N–H and O–H groups in total. The van der Waals surface area contributed by atoms with Crippen LogP contribution in [0.1, 0.15) is 48.5 Å². The van der Waals surface area contributed by atoms with Crippen LogP contribution in [0.3, 0.4) is 0 Å². The Kier molecular flexibility index (Phi) is 6.14. The Bertz CT molecular complexity index is 398. The first kappa shape index (κ1) is 18.8. The molecular formula is C14H26N2O3S. The Morgan fingerprint density at radius 2 is 1.65 bits per heavy atom. The maximum absolute atomic E-state index is 12.3. The molecule has 0 saturated carbocycles. The fraction of sp³-hybridized carbons (Fsp3) is 0.714. The third-order valence-corrected chi connectivity index (χ3v) is 2.60. The van der Waals surface area contributed by atoms with Gasteiger partial charge in [0.2, 0.25) is 0 Å². The summed E-state index contributed by atoms with van der Waals surface area (Å²) in [6.07, 6.45) is 0. The second-order valence-corrected chi connectivity index (χ2v) is 6.94. The third kappa shape index (κ3) is 5.45. The van der Waals surface area contributed by atoms with Crippen LogP contribution in [-0.2, 0) is 9.53 Å². The van der Waals surface area contributed by atoms with Gasteiger partial charge in [-0.3, -0.25) is 0 Å². The number of nitrogens with one attached hydrogen (secondary N) is 1. The van der Waals surface area contributed by atoms with Gasteiger partial charge in [0.15, 0.2) is 0 Å². The van der Waals surface area contributed by atoms with E-state index >= 15 is 0 Å². The van der Waals surface area contributed by atoms with Crippen molar-refractivity contribution in [3.8, 4) is 0 Å². The summed E-state index contributed by atoms with van der Waals surface area (Å²) in [7, 11) is 0. The van der Waals surface area contributed by atoms with Crippen LogP contribution in [0.2, 0.25) is 0 Å². The number of carbonyl (C=O) groups excluding carboxylic acids is 2. The van der Waals surface area contributed by atoms with Crippen LogP contribution < -0.4 is 5.32 Å². The molecule has 0 atom stereocenters. The van der Waals surface area contributed by atoms with E-state index in [4.69, 9.17) is 4.74 Å². The summed E-state index contributed by atoms with van der Waals surface area (Å²) in [5.74, 6) is -0.460. The molecule has 0 saturated heterocycles. The van der Waals surface area contributed by atoms with Crippen molar-refractivity contribution < 1.29 is 14.3 Å². The van der Waals surface area contributed by atoms with Crippen molar-refractivity contribution in [1.29, 1.82) is 0 Å². The number of amides is 2. The van der Waals surface area contributed by atoms with Crippen molar-refractivity contribution in [2.24, 2.45) is 0 Å².